The van der Waals surface area contributed by atoms with Gasteiger partial charge in [-0.3, -0.25) is 9.78 Å². The van der Waals surface area contributed by atoms with E-state index >= 15 is 0 Å². The molecule has 0 saturated heterocycles. The normalized spacial score (nSPS) is 15.2. The molecule has 1 aromatic heterocycles. The van der Waals surface area contributed by atoms with Crippen LogP contribution in [0.2, 0.25) is 0 Å². The molecule has 1 aliphatic rings. The van der Waals surface area contributed by atoms with Gasteiger partial charge in [-0.15, -0.1) is 0 Å². The quantitative estimate of drug-likeness (QED) is 0.716. The monoisotopic (exact) mass is 396 g/mol. The van der Waals surface area contributed by atoms with Gasteiger partial charge in [0, 0.05) is 17.1 Å². The average Bonchev–Trinajstić information content (AvgIpc) is 3.48. The summed E-state index contributed by atoms with van der Waals surface area (Å²) in [5, 5.41) is 0.476. The molecule has 4 rings (SSSR count). The van der Waals surface area contributed by atoms with E-state index in [0.717, 1.165) is 11.1 Å². The van der Waals surface area contributed by atoms with Crippen LogP contribution in [0, 0.1) is 6.92 Å². The number of sulfonamides is 1. The van der Waals surface area contributed by atoms with Crippen LogP contribution in [0.3, 0.4) is 0 Å². The van der Waals surface area contributed by atoms with E-state index in [-0.39, 0.29) is 4.90 Å². The van der Waals surface area contributed by atoms with Crippen LogP contribution < -0.4 is 9.46 Å². The van der Waals surface area contributed by atoms with Gasteiger partial charge in [0.1, 0.15) is 5.75 Å². The molecular formula is C21H20N2O4S. The second kappa shape index (κ2) is 6.60. The molecule has 144 valence electrons. The molecule has 7 heteroatoms. The second-order valence-electron chi connectivity index (χ2n) is 7.00. The van der Waals surface area contributed by atoms with Crippen molar-refractivity contribution in [1.29, 1.82) is 0 Å². The Bertz CT molecular complexity index is 1180. The van der Waals surface area contributed by atoms with Gasteiger partial charge in [0.05, 0.1) is 22.9 Å². The summed E-state index contributed by atoms with van der Waals surface area (Å²) in [7, 11) is -2.50. The highest BCUT2D eigenvalue weighted by atomic mass is 32.2. The fourth-order valence-corrected chi connectivity index (χ4v) is 4.99. The Morgan fingerprint density at radius 1 is 1.11 bits per heavy atom. The van der Waals surface area contributed by atoms with E-state index in [2.05, 4.69) is 9.71 Å². The third-order valence-electron chi connectivity index (χ3n) is 5.24. The minimum Gasteiger partial charge on any atom is -0.496 e. The highest BCUT2D eigenvalue weighted by Crippen LogP contribution is 2.53. The molecule has 0 radical (unpaired) electrons. The van der Waals surface area contributed by atoms with Crippen molar-refractivity contribution >= 4 is 26.8 Å². The van der Waals surface area contributed by atoms with Crippen molar-refractivity contribution in [3.05, 3.63) is 65.9 Å². The summed E-state index contributed by atoms with van der Waals surface area (Å²) in [5.41, 5.74) is 1.33. The average molecular weight is 396 g/mol. The third kappa shape index (κ3) is 2.92. The van der Waals surface area contributed by atoms with Crippen molar-refractivity contribution < 1.29 is 17.9 Å². The molecule has 0 bridgehead atoms. The van der Waals surface area contributed by atoms with Gasteiger partial charge in [0.25, 0.3) is 10.0 Å². The minimum atomic E-state index is -4.05. The zero-order valence-corrected chi connectivity index (χ0v) is 16.4. The second-order valence-corrected chi connectivity index (χ2v) is 8.65. The maximum atomic E-state index is 13.1. The van der Waals surface area contributed by atoms with E-state index in [4.69, 9.17) is 4.74 Å². The molecule has 1 saturated carbocycles. The number of aryl methyl sites for hydroxylation is 1. The molecule has 0 aliphatic heterocycles. The van der Waals surface area contributed by atoms with E-state index < -0.39 is 21.3 Å². The van der Waals surface area contributed by atoms with Crippen molar-refractivity contribution in [2.24, 2.45) is 0 Å². The maximum Gasteiger partial charge on any atom is 0.264 e. The molecule has 2 aromatic carbocycles. The smallest absolute Gasteiger partial charge is 0.264 e. The number of nitrogens with zero attached hydrogens (tertiary/aromatic N) is 1. The highest BCUT2D eigenvalue weighted by Gasteiger charge is 2.54. The van der Waals surface area contributed by atoms with Crippen LogP contribution in [-0.2, 0) is 20.2 Å². The van der Waals surface area contributed by atoms with E-state index in [1.165, 1.54) is 6.07 Å². The van der Waals surface area contributed by atoms with Gasteiger partial charge in [-0.25, -0.2) is 13.1 Å². The Morgan fingerprint density at radius 2 is 1.86 bits per heavy atom. The number of carbonyl (C=O) groups is 1. The number of methoxy groups -OCH3 is 1. The van der Waals surface area contributed by atoms with Gasteiger partial charge >= 0.3 is 0 Å². The Morgan fingerprint density at radius 3 is 2.57 bits per heavy atom. The number of pyridine rings is 1. The number of hydrogen-bond donors (Lipinski definition) is 1. The van der Waals surface area contributed by atoms with Gasteiger partial charge in [-0.1, -0.05) is 18.2 Å². The van der Waals surface area contributed by atoms with Crippen molar-refractivity contribution in [2.75, 3.05) is 7.11 Å². The lowest BCUT2D eigenvalue weighted by molar-refractivity contribution is -0.121. The number of rotatable bonds is 5. The summed E-state index contributed by atoms with van der Waals surface area (Å²) in [6.45, 7) is 1.90. The van der Waals surface area contributed by atoms with Gasteiger partial charge in [0.2, 0.25) is 5.91 Å². The number of benzene rings is 2. The first-order valence-corrected chi connectivity index (χ1v) is 10.4. The van der Waals surface area contributed by atoms with Crippen molar-refractivity contribution in [1.82, 2.24) is 9.71 Å². The maximum absolute atomic E-state index is 13.1. The molecule has 0 atom stereocenters. The summed E-state index contributed by atoms with van der Waals surface area (Å²) in [4.78, 5) is 17.3. The Kier molecular flexibility index (Phi) is 4.34. The molecule has 1 heterocycles. The molecular weight excluding hydrogens is 376 g/mol. The van der Waals surface area contributed by atoms with Crippen molar-refractivity contribution in [3.63, 3.8) is 0 Å². The fourth-order valence-electron chi connectivity index (χ4n) is 3.72. The summed E-state index contributed by atoms with van der Waals surface area (Å²) in [5.74, 6) is 0.0698. The number of aromatic nitrogens is 1. The number of hydrogen-bond acceptors (Lipinski definition) is 5. The van der Waals surface area contributed by atoms with Crippen molar-refractivity contribution in [2.45, 2.75) is 30.1 Å². The predicted molar refractivity (Wildman–Crippen MR) is 106 cm³/mol. The van der Waals surface area contributed by atoms with Crippen LogP contribution in [0.15, 0.2) is 59.6 Å². The first kappa shape index (κ1) is 18.4. The summed E-state index contributed by atoms with van der Waals surface area (Å²) < 4.78 is 33.8. The molecule has 1 fully saturated rings. The Labute approximate surface area is 163 Å². The molecule has 28 heavy (non-hydrogen) atoms. The van der Waals surface area contributed by atoms with Crippen LogP contribution in [0.25, 0.3) is 10.9 Å². The van der Waals surface area contributed by atoms with E-state index in [9.17, 15) is 13.2 Å². The van der Waals surface area contributed by atoms with Gasteiger partial charge in [-0.05, 0) is 55.7 Å². The zero-order valence-electron chi connectivity index (χ0n) is 15.6. The SMILES string of the molecule is COc1cccc(C)c1C1(C(=O)NS(=O)(=O)c2cccc3ncccc23)CC1. The fraction of sp³-hybridized carbons (Fsp3) is 0.238. The predicted octanol–water partition coefficient (Wildman–Crippen LogP) is 3.09. The molecule has 0 unspecified atom stereocenters. The number of ether oxygens (including phenoxy) is 1. The summed E-state index contributed by atoms with van der Waals surface area (Å²) in [6, 6.07) is 13.7. The van der Waals surface area contributed by atoms with Gasteiger partial charge in [0.15, 0.2) is 0 Å². The van der Waals surface area contributed by atoms with E-state index in [1.54, 1.807) is 43.6 Å². The molecule has 1 aliphatic carbocycles. The van der Waals surface area contributed by atoms with Crippen LogP contribution in [0.5, 0.6) is 5.75 Å². The molecule has 1 amide bonds. The van der Waals surface area contributed by atoms with Crippen molar-refractivity contribution in [3.8, 4) is 5.75 Å². The van der Waals surface area contributed by atoms with Gasteiger partial charge < -0.3 is 4.74 Å². The lowest BCUT2D eigenvalue weighted by Gasteiger charge is -2.21. The molecule has 3 aromatic rings. The lowest BCUT2D eigenvalue weighted by Crippen LogP contribution is -2.39. The third-order valence-corrected chi connectivity index (χ3v) is 6.63. The van der Waals surface area contributed by atoms with E-state index in [1.807, 2.05) is 19.1 Å². The lowest BCUT2D eigenvalue weighted by atomic mass is 9.90. The number of carbonyl (C=O) groups excluding carboxylic acids is 1. The standard InChI is InChI=1S/C21H20N2O4S/c1-14-6-3-9-17(27-2)19(14)21(11-12-21)20(24)23-28(25,26)18-10-4-8-16-15(18)7-5-13-22-16/h3-10,13H,11-12H2,1-2H3,(H,23,24). The first-order chi connectivity index (χ1) is 13.4. The Balaban J connectivity index is 1.72. The highest BCUT2D eigenvalue weighted by molar-refractivity contribution is 7.90. The topological polar surface area (TPSA) is 85.4 Å². The van der Waals surface area contributed by atoms with Crippen LogP contribution in [-0.4, -0.2) is 26.4 Å². The number of amides is 1. The zero-order chi connectivity index (χ0) is 19.9. The van der Waals surface area contributed by atoms with Gasteiger partial charge in [-0.2, -0.15) is 0 Å². The molecule has 1 N–H and O–H groups in total. The largest absolute Gasteiger partial charge is 0.496 e. The summed E-state index contributed by atoms with van der Waals surface area (Å²) >= 11 is 0. The molecule has 6 nitrogen and oxygen atoms in total. The number of fused-ring (bicyclic) bond motifs is 1. The summed E-state index contributed by atoms with van der Waals surface area (Å²) in [6.07, 6.45) is 2.75. The van der Waals surface area contributed by atoms with E-state index in [0.29, 0.717) is 29.5 Å². The Hall–Kier alpha value is -2.93. The number of nitrogens with one attached hydrogen (secondary N) is 1. The first-order valence-electron chi connectivity index (χ1n) is 8.94. The minimum absolute atomic E-state index is 0.0407. The van der Waals surface area contributed by atoms with Crippen LogP contribution >= 0.6 is 0 Å². The molecule has 0 spiro atoms. The van der Waals surface area contributed by atoms with Crippen LogP contribution in [0.4, 0.5) is 0 Å². The van der Waals surface area contributed by atoms with Crippen LogP contribution in [0.1, 0.15) is 24.0 Å².